The van der Waals surface area contributed by atoms with E-state index in [0.29, 0.717) is 21.5 Å². The summed E-state index contributed by atoms with van der Waals surface area (Å²) in [5, 5.41) is -0.345. The summed E-state index contributed by atoms with van der Waals surface area (Å²) in [5.41, 5.74) is 1.68. The lowest BCUT2D eigenvalue weighted by atomic mass is 10.2. The van der Waals surface area contributed by atoms with Gasteiger partial charge in [-0.05, 0) is 56.7 Å². The second-order valence-corrected chi connectivity index (χ2v) is 8.33. The van der Waals surface area contributed by atoms with E-state index in [-0.39, 0.29) is 10.9 Å². The first-order valence-corrected chi connectivity index (χ1v) is 9.96. The average Bonchev–Trinajstić information content (AvgIpc) is 3.03. The van der Waals surface area contributed by atoms with Crippen molar-refractivity contribution < 1.29 is 18.0 Å². The maximum absolute atomic E-state index is 13.2. The van der Waals surface area contributed by atoms with Crippen LogP contribution in [-0.4, -0.2) is 26.2 Å². The van der Waals surface area contributed by atoms with E-state index in [1.807, 2.05) is 13.0 Å². The highest BCUT2D eigenvalue weighted by atomic mass is 35.5. The van der Waals surface area contributed by atoms with Gasteiger partial charge in [0.05, 0.1) is 15.5 Å². The molecule has 2 heterocycles. The molecule has 0 bridgehead atoms. The van der Waals surface area contributed by atoms with Crippen molar-refractivity contribution in [1.29, 1.82) is 0 Å². The number of aromatic nitrogens is 1. The third-order valence-corrected chi connectivity index (χ3v) is 6.17. The first kappa shape index (κ1) is 21.0. The van der Waals surface area contributed by atoms with Gasteiger partial charge in [0.2, 0.25) is 0 Å². The highest BCUT2D eigenvalue weighted by molar-refractivity contribution is 8.26. The van der Waals surface area contributed by atoms with E-state index in [2.05, 4.69) is 0 Å². The molecule has 3 nitrogen and oxygen atoms in total. The van der Waals surface area contributed by atoms with Gasteiger partial charge in [0.25, 0.3) is 5.91 Å². The standard InChI is InChI=1S/C19H16ClF3N2OS2/c1-4-24-17(26)16(28-18(24)27)8-12-7-10(2)25(11(12)3)13-5-6-15(20)14(9-13)19(21,22)23/h5-9H,4H2,1-3H3/b16-8+. The lowest BCUT2D eigenvalue weighted by Gasteiger charge is -2.14. The quantitative estimate of drug-likeness (QED) is 0.429. The number of carbonyl (C=O) groups excluding carboxylic acids is 1. The number of hydrogen-bond donors (Lipinski definition) is 0. The maximum Gasteiger partial charge on any atom is 0.417 e. The second kappa shape index (κ2) is 7.57. The molecular weight excluding hydrogens is 429 g/mol. The van der Waals surface area contributed by atoms with Gasteiger partial charge in [0.15, 0.2) is 0 Å². The van der Waals surface area contributed by atoms with Crippen LogP contribution in [0.3, 0.4) is 0 Å². The Morgan fingerprint density at radius 2 is 1.93 bits per heavy atom. The number of benzene rings is 1. The van der Waals surface area contributed by atoms with E-state index in [4.69, 9.17) is 23.8 Å². The van der Waals surface area contributed by atoms with Gasteiger partial charge in [-0.1, -0.05) is 35.6 Å². The predicted octanol–water partition coefficient (Wildman–Crippen LogP) is 5.99. The molecule has 1 aliphatic heterocycles. The van der Waals surface area contributed by atoms with Crippen LogP contribution in [0, 0.1) is 13.8 Å². The molecule has 1 aliphatic rings. The van der Waals surface area contributed by atoms with Crippen molar-refractivity contribution in [3.05, 3.63) is 56.7 Å². The summed E-state index contributed by atoms with van der Waals surface area (Å²) in [7, 11) is 0. The number of amides is 1. The number of aryl methyl sites for hydroxylation is 1. The number of likely N-dealkylation sites (N-methyl/N-ethyl adjacent to an activating group) is 1. The predicted molar refractivity (Wildman–Crippen MR) is 111 cm³/mol. The Morgan fingerprint density at radius 1 is 1.25 bits per heavy atom. The Labute approximate surface area is 175 Å². The Balaban J connectivity index is 2.06. The molecule has 0 spiro atoms. The molecule has 1 aromatic heterocycles. The van der Waals surface area contributed by atoms with Crippen molar-refractivity contribution in [3.8, 4) is 5.69 Å². The maximum atomic E-state index is 13.2. The average molecular weight is 445 g/mol. The molecule has 0 unspecified atom stereocenters. The Hall–Kier alpha value is -1.77. The number of rotatable bonds is 3. The second-order valence-electron chi connectivity index (χ2n) is 6.25. The number of nitrogens with zero attached hydrogens (tertiary/aromatic N) is 2. The van der Waals surface area contributed by atoms with Crippen molar-refractivity contribution in [1.82, 2.24) is 9.47 Å². The van der Waals surface area contributed by atoms with Crippen LogP contribution in [-0.2, 0) is 11.0 Å². The van der Waals surface area contributed by atoms with E-state index in [1.54, 1.807) is 24.5 Å². The van der Waals surface area contributed by atoms with Crippen LogP contribution >= 0.6 is 35.6 Å². The first-order valence-electron chi connectivity index (χ1n) is 8.36. The van der Waals surface area contributed by atoms with Crippen LogP contribution in [0.1, 0.15) is 29.4 Å². The molecule has 0 radical (unpaired) electrons. The zero-order chi connectivity index (χ0) is 20.8. The van der Waals surface area contributed by atoms with E-state index in [9.17, 15) is 18.0 Å². The van der Waals surface area contributed by atoms with Crippen LogP contribution in [0.25, 0.3) is 11.8 Å². The van der Waals surface area contributed by atoms with Gasteiger partial charge in [-0.2, -0.15) is 13.2 Å². The highest BCUT2D eigenvalue weighted by Crippen LogP contribution is 2.37. The monoisotopic (exact) mass is 444 g/mol. The molecule has 9 heteroatoms. The number of halogens is 4. The van der Waals surface area contributed by atoms with Crippen LogP contribution < -0.4 is 0 Å². The molecule has 1 saturated heterocycles. The normalized spacial score (nSPS) is 16.5. The molecule has 0 atom stereocenters. The van der Waals surface area contributed by atoms with E-state index in [0.717, 1.165) is 23.0 Å². The smallest absolute Gasteiger partial charge is 0.318 e. The minimum atomic E-state index is -4.54. The molecule has 2 aromatic rings. The minimum absolute atomic E-state index is 0.159. The fraction of sp³-hybridized carbons (Fsp3) is 0.263. The lowest BCUT2D eigenvalue weighted by molar-refractivity contribution is -0.137. The third-order valence-electron chi connectivity index (χ3n) is 4.46. The van der Waals surface area contributed by atoms with E-state index in [1.165, 1.54) is 28.8 Å². The fourth-order valence-electron chi connectivity index (χ4n) is 3.11. The third kappa shape index (κ3) is 3.73. The molecule has 148 valence electrons. The van der Waals surface area contributed by atoms with Crippen molar-refractivity contribution in [2.24, 2.45) is 0 Å². The fourth-order valence-corrected chi connectivity index (χ4v) is 4.71. The summed E-state index contributed by atoms with van der Waals surface area (Å²) in [5.74, 6) is -0.159. The molecule has 28 heavy (non-hydrogen) atoms. The minimum Gasteiger partial charge on any atom is -0.318 e. The number of carbonyl (C=O) groups is 1. The molecule has 0 saturated carbocycles. The first-order chi connectivity index (χ1) is 13.0. The highest BCUT2D eigenvalue weighted by Gasteiger charge is 2.34. The summed E-state index contributed by atoms with van der Waals surface area (Å²) < 4.78 is 41.8. The Bertz CT molecular complexity index is 1010. The largest absolute Gasteiger partial charge is 0.417 e. The zero-order valence-electron chi connectivity index (χ0n) is 15.2. The molecule has 0 N–H and O–H groups in total. The number of hydrogen-bond acceptors (Lipinski definition) is 3. The van der Waals surface area contributed by atoms with Crippen LogP contribution in [0.15, 0.2) is 29.2 Å². The molecule has 3 rings (SSSR count). The summed E-state index contributed by atoms with van der Waals surface area (Å²) in [6.45, 7) is 5.93. The van der Waals surface area contributed by atoms with Crippen molar-refractivity contribution in [2.75, 3.05) is 6.54 Å². The van der Waals surface area contributed by atoms with Gasteiger partial charge >= 0.3 is 6.18 Å². The van der Waals surface area contributed by atoms with Crippen molar-refractivity contribution in [2.45, 2.75) is 26.9 Å². The molecule has 1 fully saturated rings. The summed E-state index contributed by atoms with van der Waals surface area (Å²) in [6, 6.07) is 5.64. The van der Waals surface area contributed by atoms with Gasteiger partial charge < -0.3 is 4.57 Å². The number of thioether (sulfide) groups is 1. The van der Waals surface area contributed by atoms with Gasteiger partial charge in [0, 0.05) is 23.6 Å². The SMILES string of the molecule is CCN1C(=O)/C(=C\c2cc(C)n(-c3ccc(Cl)c(C(F)(F)F)c3)c2C)SC1=S. The van der Waals surface area contributed by atoms with Gasteiger partial charge in [-0.25, -0.2) is 0 Å². The molecular formula is C19H16ClF3N2OS2. The summed E-state index contributed by atoms with van der Waals surface area (Å²) in [6.07, 6.45) is -2.81. The topological polar surface area (TPSA) is 25.2 Å². The van der Waals surface area contributed by atoms with Crippen LogP contribution in [0.2, 0.25) is 5.02 Å². The summed E-state index contributed by atoms with van der Waals surface area (Å²) in [4.78, 5) is 14.4. The van der Waals surface area contributed by atoms with Gasteiger partial charge in [-0.3, -0.25) is 9.69 Å². The lowest BCUT2D eigenvalue weighted by Crippen LogP contribution is -2.27. The van der Waals surface area contributed by atoms with E-state index >= 15 is 0 Å². The number of alkyl halides is 3. The van der Waals surface area contributed by atoms with E-state index < -0.39 is 11.7 Å². The van der Waals surface area contributed by atoms with Crippen molar-refractivity contribution in [3.63, 3.8) is 0 Å². The van der Waals surface area contributed by atoms with Crippen LogP contribution in [0.5, 0.6) is 0 Å². The molecule has 1 aromatic carbocycles. The van der Waals surface area contributed by atoms with Crippen LogP contribution in [0.4, 0.5) is 13.2 Å². The summed E-state index contributed by atoms with van der Waals surface area (Å²) >= 11 is 12.2. The molecule has 1 amide bonds. The van der Waals surface area contributed by atoms with Crippen molar-refractivity contribution >= 4 is 51.9 Å². The Morgan fingerprint density at radius 3 is 2.50 bits per heavy atom. The molecule has 0 aliphatic carbocycles. The Kier molecular flexibility index (Phi) is 5.67. The van der Waals surface area contributed by atoms with Gasteiger partial charge in [-0.15, -0.1) is 0 Å². The zero-order valence-corrected chi connectivity index (χ0v) is 17.6. The number of thiocarbonyl (C=S) groups is 1. The van der Waals surface area contributed by atoms with Gasteiger partial charge in [0.1, 0.15) is 4.32 Å².